The van der Waals surface area contributed by atoms with Gasteiger partial charge in [0.15, 0.2) is 0 Å². The lowest BCUT2D eigenvalue weighted by molar-refractivity contribution is 0.367. The molecule has 0 spiro atoms. The molecule has 6 unspecified atom stereocenters. The van der Waals surface area contributed by atoms with Gasteiger partial charge in [0.25, 0.3) is 0 Å². The van der Waals surface area contributed by atoms with Crippen molar-refractivity contribution in [3.8, 4) is 0 Å². The lowest BCUT2D eigenvalue weighted by atomic mass is 9.92. The molecule has 0 amide bonds. The summed E-state index contributed by atoms with van der Waals surface area (Å²) in [5, 5.41) is 0. The number of benzene rings is 3. The Bertz CT molecular complexity index is 1250. The van der Waals surface area contributed by atoms with E-state index in [0.717, 1.165) is 74.0 Å². The van der Waals surface area contributed by atoms with Gasteiger partial charge < -0.3 is 0 Å². The highest BCUT2D eigenvalue weighted by atomic mass is 14.4. The van der Waals surface area contributed by atoms with Crippen molar-refractivity contribution in [1.29, 1.82) is 0 Å². The Labute approximate surface area is 378 Å². The highest BCUT2D eigenvalue weighted by Crippen LogP contribution is 2.43. The standard InChI is InChI=1S/3C10H14.2C9H18.C7H14.C5H12/c1-3-9-5-7-10(4-2)8-6-9;1-3-9-6-5-7-10(4-2)8-9;1-3-9-7-5-6-8-10(9)4-2;1-3-8-5-6-9(4-2)7-8;1-3-8-6-5-7-9(8)4-2;1-3-6-5-7(6)4-2;1-3-5-4-2/h3*5-8H,3-4H2,1-2H3;2*8-9H,3-7H2,1-2H3;6-7H,3-5H2,1-2H3;3-5H2,1-2H3. The van der Waals surface area contributed by atoms with Gasteiger partial charge in [-0.15, -0.1) is 0 Å². The first-order chi connectivity index (χ1) is 29.1. The largest absolute Gasteiger partial charge is 0.0654 e. The van der Waals surface area contributed by atoms with E-state index in [1.165, 1.54) is 136 Å². The summed E-state index contributed by atoms with van der Waals surface area (Å²) in [6.45, 7) is 31.5. The van der Waals surface area contributed by atoms with Crippen molar-refractivity contribution in [2.75, 3.05) is 0 Å². The van der Waals surface area contributed by atoms with Crippen LogP contribution in [0.5, 0.6) is 0 Å². The van der Waals surface area contributed by atoms with Crippen LogP contribution >= 0.6 is 0 Å². The zero-order valence-electron chi connectivity index (χ0n) is 42.9. The van der Waals surface area contributed by atoms with Crippen LogP contribution in [0.15, 0.2) is 72.8 Å². The number of hydrogen-bond acceptors (Lipinski definition) is 0. The Hall–Kier alpha value is -2.34. The summed E-state index contributed by atoms with van der Waals surface area (Å²) in [4.78, 5) is 0. The Morgan fingerprint density at radius 3 is 0.983 bits per heavy atom. The van der Waals surface area contributed by atoms with E-state index >= 15 is 0 Å². The second-order valence-corrected chi connectivity index (χ2v) is 18.1. The molecule has 0 saturated heterocycles. The van der Waals surface area contributed by atoms with Gasteiger partial charge in [0.2, 0.25) is 0 Å². The van der Waals surface area contributed by atoms with Crippen LogP contribution < -0.4 is 0 Å². The monoisotopic (exact) mass is 825 g/mol. The maximum atomic E-state index is 2.33. The second kappa shape index (κ2) is 38.3. The third-order valence-corrected chi connectivity index (χ3v) is 14.0. The van der Waals surface area contributed by atoms with Gasteiger partial charge in [0.05, 0.1) is 0 Å². The van der Waals surface area contributed by atoms with E-state index in [1.807, 2.05) is 0 Å². The summed E-state index contributed by atoms with van der Waals surface area (Å²) < 4.78 is 0. The highest BCUT2D eigenvalue weighted by molar-refractivity contribution is 5.27. The predicted octanol–water partition coefficient (Wildman–Crippen LogP) is 19.5. The number of unbranched alkanes of at least 4 members (excludes halogenated alkanes) is 2. The predicted molar refractivity (Wildman–Crippen MR) is 276 cm³/mol. The molecule has 0 aromatic heterocycles. The molecule has 3 fully saturated rings. The molecule has 3 aliphatic rings. The maximum Gasteiger partial charge on any atom is -0.0305 e. The number of aryl methyl sites for hydroxylation is 6. The van der Waals surface area contributed by atoms with E-state index in [9.17, 15) is 0 Å². The van der Waals surface area contributed by atoms with Crippen molar-refractivity contribution in [3.63, 3.8) is 0 Å². The fourth-order valence-corrected chi connectivity index (χ4v) is 9.10. The molecule has 344 valence electrons. The molecule has 0 heteroatoms. The molecule has 6 atom stereocenters. The molecule has 3 aliphatic carbocycles. The molecule has 0 nitrogen and oxygen atoms in total. The van der Waals surface area contributed by atoms with Crippen molar-refractivity contribution in [2.45, 2.75) is 238 Å². The summed E-state index contributed by atoms with van der Waals surface area (Å²) >= 11 is 0. The minimum absolute atomic E-state index is 1.08. The first-order valence-electron chi connectivity index (χ1n) is 26.4. The number of hydrogen-bond donors (Lipinski definition) is 0. The van der Waals surface area contributed by atoms with Crippen LogP contribution in [0.2, 0.25) is 0 Å². The maximum absolute atomic E-state index is 2.33. The van der Waals surface area contributed by atoms with E-state index in [4.69, 9.17) is 0 Å². The van der Waals surface area contributed by atoms with Crippen molar-refractivity contribution in [1.82, 2.24) is 0 Å². The molecule has 3 aromatic carbocycles. The zero-order valence-corrected chi connectivity index (χ0v) is 42.9. The van der Waals surface area contributed by atoms with Gasteiger partial charge in [0, 0.05) is 0 Å². The molecule has 0 heterocycles. The van der Waals surface area contributed by atoms with Gasteiger partial charge in [-0.25, -0.2) is 0 Å². The third-order valence-electron chi connectivity index (χ3n) is 14.0. The van der Waals surface area contributed by atoms with Gasteiger partial charge in [-0.2, -0.15) is 0 Å². The minimum atomic E-state index is 1.08. The Balaban J connectivity index is 0.000000683. The average molecular weight is 825 g/mol. The van der Waals surface area contributed by atoms with E-state index < -0.39 is 0 Å². The van der Waals surface area contributed by atoms with Gasteiger partial charge >= 0.3 is 0 Å². The fourth-order valence-electron chi connectivity index (χ4n) is 9.10. The molecular weight excluding hydrogens is 721 g/mol. The molecule has 0 N–H and O–H groups in total. The molecule has 60 heavy (non-hydrogen) atoms. The lowest BCUT2D eigenvalue weighted by Crippen LogP contribution is -2.04. The summed E-state index contributed by atoms with van der Waals surface area (Å²) in [6.07, 6.45) is 30.0. The normalized spacial score (nSPS) is 20.7. The van der Waals surface area contributed by atoms with Crippen LogP contribution in [0.25, 0.3) is 0 Å². The molecule has 0 bridgehead atoms. The smallest absolute Gasteiger partial charge is 0.0305 e. The average Bonchev–Trinajstić information content (AvgIpc) is 3.66. The van der Waals surface area contributed by atoms with Gasteiger partial charge in [0.1, 0.15) is 0 Å². The Kier molecular flexibility index (Phi) is 36.8. The van der Waals surface area contributed by atoms with Crippen LogP contribution in [0.4, 0.5) is 0 Å². The Morgan fingerprint density at radius 1 is 0.350 bits per heavy atom. The van der Waals surface area contributed by atoms with Crippen LogP contribution in [0, 0.1) is 35.5 Å². The van der Waals surface area contributed by atoms with Crippen molar-refractivity contribution < 1.29 is 0 Å². The Morgan fingerprint density at radius 2 is 0.733 bits per heavy atom. The van der Waals surface area contributed by atoms with Crippen molar-refractivity contribution >= 4 is 0 Å². The van der Waals surface area contributed by atoms with Crippen LogP contribution in [-0.4, -0.2) is 0 Å². The van der Waals surface area contributed by atoms with Crippen LogP contribution in [0.3, 0.4) is 0 Å². The van der Waals surface area contributed by atoms with Crippen molar-refractivity contribution in [3.05, 3.63) is 106 Å². The van der Waals surface area contributed by atoms with E-state index in [1.54, 1.807) is 0 Å². The first-order valence-corrected chi connectivity index (χ1v) is 26.4. The second-order valence-electron chi connectivity index (χ2n) is 18.1. The SMILES string of the molecule is CCC1CC1CC.CCC1CCC(CC)C1.CCC1CCCC1CC.CCCCC.CCc1ccc(CC)cc1.CCc1cccc(CC)c1.CCc1ccccc1CC. The lowest BCUT2D eigenvalue weighted by Gasteiger charge is -2.14. The minimum Gasteiger partial charge on any atom is -0.0654 e. The molecule has 0 radical (unpaired) electrons. The topological polar surface area (TPSA) is 0 Å². The van der Waals surface area contributed by atoms with Crippen molar-refractivity contribution in [2.24, 2.45) is 35.5 Å². The van der Waals surface area contributed by atoms with Gasteiger partial charge in [-0.05, 0) is 120 Å². The quantitative estimate of drug-likeness (QED) is 0.152. The fraction of sp³-hybridized carbons (Fsp3) is 0.700. The summed E-state index contributed by atoms with van der Waals surface area (Å²) in [7, 11) is 0. The molecular formula is C60H104. The zero-order chi connectivity index (χ0) is 45.0. The van der Waals surface area contributed by atoms with E-state index in [0.29, 0.717) is 0 Å². The molecule has 6 rings (SSSR count). The third kappa shape index (κ3) is 26.2. The van der Waals surface area contributed by atoms with Gasteiger partial charge in [-0.3, -0.25) is 0 Å². The molecule has 3 aromatic rings. The van der Waals surface area contributed by atoms with E-state index in [-0.39, 0.29) is 0 Å². The molecule has 3 saturated carbocycles. The van der Waals surface area contributed by atoms with Crippen LogP contribution in [0.1, 0.15) is 233 Å². The molecule has 0 aliphatic heterocycles. The summed E-state index contributed by atoms with van der Waals surface area (Å²) in [5.41, 5.74) is 8.73. The van der Waals surface area contributed by atoms with E-state index in [2.05, 4.69) is 170 Å². The summed E-state index contributed by atoms with van der Waals surface area (Å²) in [6, 6.07) is 26.2. The van der Waals surface area contributed by atoms with Gasteiger partial charge in [-0.1, -0.05) is 260 Å². The van der Waals surface area contributed by atoms with Crippen LogP contribution in [-0.2, 0) is 38.5 Å². The number of rotatable bonds is 14. The highest BCUT2D eigenvalue weighted by Gasteiger charge is 2.32. The first kappa shape index (κ1) is 57.7. The summed E-state index contributed by atoms with van der Waals surface area (Å²) in [5.74, 6) is 6.55.